The summed E-state index contributed by atoms with van der Waals surface area (Å²) in [6.07, 6.45) is -1.36. The lowest BCUT2D eigenvalue weighted by molar-refractivity contribution is -0.192. The van der Waals surface area contributed by atoms with E-state index >= 15 is 0 Å². The van der Waals surface area contributed by atoms with Crippen LogP contribution < -0.4 is 19.5 Å². The first-order valence-corrected chi connectivity index (χ1v) is 17.0. The zero-order valence-electron chi connectivity index (χ0n) is 28.4. The zero-order valence-corrected chi connectivity index (χ0v) is 28.4. The van der Waals surface area contributed by atoms with Crippen molar-refractivity contribution in [3.05, 3.63) is 161 Å². The van der Waals surface area contributed by atoms with E-state index in [4.69, 9.17) is 24.1 Å². The average Bonchev–Trinajstić information content (AvgIpc) is 3.65. The molecule has 5 aromatic carbocycles. The molecule has 5 aromatic rings. The lowest BCUT2D eigenvalue weighted by Crippen LogP contribution is -2.35. The Morgan fingerprint density at radius 1 is 0.635 bits per heavy atom. The summed E-state index contributed by atoms with van der Waals surface area (Å²) in [5, 5.41) is 10.7. The summed E-state index contributed by atoms with van der Waals surface area (Å²) in [5.41, 5.74) is 5.18. The fourth-order valence-corrected chi connectivity index (χ4v) is 5.65. The summed E-state index contributed by atoms with van der Waals surface area (Å²) < 4.78 is 50.0. The van der Waals surface area contributed by atoms with Crippen molar-refractivity contribution in [2.45, 2.75) is 63.8 Å². The second kappa shape index (κ2) is 18.6. The Balaban J connectivity index is 0.000000679. The van der Waals surface area contributed by atoms with Gasteiger partial charge in [-0.2, -0.15) is 13.2 Å². The van der Waals surface area contributed by atoms with Gasteiger partial charge < -0.3 is 24.6 Å². The van der Waals surface area contributed by atoms with Gasteiger partial charge in [0.1, 0.15) is 25.6 Å². The van der Waals surface area contributed by atoms with Gasteiger partial charge in [-0.25, -0.2) is 4.79 Å². The van der Waals surface area contributed by atoms with E-state index in [0.717, 1.165) is 48.1 Å². The molecule has 1 heterocycles. The van der Waals surface area contributed by atoms with Crippen molar-refractivity contribution in [1.82, 2.24) is 5.32 Å². The maximum absolute atomic E-state index is 13.6. The Hall–Kier alpha value is -5.61. The van der Waals surface area contributed by atoms with Crippen LogP contribution in [0.5, 0.6) is 17.2 Å². The molecule has 0 aromatic heterocycles. The number of carbonyl (C=O) groups is 2. The van der Waals surface area contributed by atoms with Gasteiger partial charge in [-0.1, -0.05) is 103 Å². The number of carboxylic acid groups (broad SMARTS) is 1. The number of benzene rings is 5. The van der Waals surface area contributed by atoms with E-state index in [2.05, 4.69) is 29.6 Å². The van der Waals surface area contributed by atoms with Crippen molar-refractivity contribution in [1.29, 1.82) is 0 Å². The van der Waals surface area contributed by atoms with Crippen molar-refractivity contribution in [3.63, 3.8) is 0 Å². The van der Waals surface area contributed by atoms with Crippen molar-refractivity contribution in [2.24, 2.45) is 0 Å². The van der Waals surface area contributed by atoms with Gasteiger partial charge >= 0.3 is 12.1 Å². The van der Waals surface area contributed by atoms with Crippen LogP contribution in [0.15, 0.2) is 133 Å². The van der Waals surface area contributed by atoms with E-state index in [1.54, 1.807) is 0 Å². The number of aliphatic carboxylic acids is 1. The minimum atomic E-state index is -5.08. The van der Waals surface area contributed by atoms with Crippen LogP contribution in [0.25, 0.3) is 0 Å². The fourth-order valence-electron chi connectivity index (χ4n) is 5.65. The average molecular weight is 712 g/mol. The molecular formula is C42H40F3NO6. The van der Waals surface area contributed by atoms with Crippen LogP contribution in [0.1, 0.15) is 51.9 Å². The molecule has 2 N–H and O–H groups in total. The van der Waals surface area contributed by atoms with Gasteiger partial charge in [-0.3, -0.25) is 4.79 Å². The second-order valence-corrected chi connectivity index (χ2v) is 12.3. The van der Waals surface area contributed by atoms with E-state index in [1.165, 1.54) is 5.56 Å². The van der Waals surface area contributed by atoms with Crippen molar-refractivity contribution >= 4 is 11.8 Å². The Labute approximate surface area is 301 Å². The van der Waals surface area contributed by atoms with E-state index in [1.807, 2.05) is 109 Å². The smallest absolute Gasteiger partial charge is 0.489 e. The van der Waals surface area contributed by atoms with Crippen LogP contribution in [-0.4, -0.2) is 35.1 Å². The highest BCUT2D eigenvalue weighted by Crippen LogP contribution is 2.32. The molecule has 2 atom stereocenters. The van der Waals surface area contributed by atoms with Gasteiger partial charge in [0, 0.05) is 11.6 Å². The lowest BCUT2D eigenvalue weighted by Gasteiger charge is -2.17. The van der Waals surface area contributed by atoms with Crippen LogP contribution in [0, 0.1) is 0 Å². The molecule has 0 amide bonds. The number of hydrogen-bond donors (Lipinski definition) is 2. The number of hydrogen-bond acceptors (Lipinski definition) is 6. The van der Waals surface area contributed by atoms with Gasteiger partial charge in [0.2, 0.25) is 0 Å². The number of halogens is 3. The molecule has 1 fully saturated rings. The molecule has 52 heavy (non-hydrogen) atoms. The Kier molecular flexibility index (Phi) is 13.4. The van der Waals surface area contributed by atoms with Crippen molar-refractivity contribution < 1.29 is 42.1 Å². The summed E-state index contributed by atoms with van der Waals surface area (Å²) in [5.74, 6) is -0.591. The van der Waals surface area contributed by atoms with Gasteiger partial charge in [0.25, 0.3) is 0 Å². The van der Waals surface area contributed by atoms with Crippen LogP contribution >= 0.6 is 0 Å². The standard InChI is InChI=1S/C40H39NO4.C2HF3O2/c42-40(37-24-21-35(41-37)20-16-30-17-22-36(23-18-30)43-27-31-10-4-1-5-11-31)34-19-25-38(44-28-32-12-6-2-7-13-32)39(26-34)45-29-33-14-8-3-9-15-33;3-2(4,5)1(6)7/h1-15,17-19,22-23,25-26,35,37,41H,16,20-21,24,27-29H2;(H,6,7)/t35-,37-;/m1./s1. The number of carbonyl (C=O) groups excluding carboxylic acids is 1. The third-order valence-corrected chi connectivity index (χ3v) is 8.46. The second-order valence-electron chi connectivity index (χ2n) is 12.3. The molecule has 1 saturated heterocycles. The molecular weight excluding hydrogens is 671 g/mol. The summed E-state index contributed by atoms with van der Waals surface area (Å²) in [7, 11) is 0. The Bertz CT molecular complexity index is 1850. The fraction of sp³-hybridized carbons (Fsp3) is 0.238. The molecule has 270 valence electrons. The number of carboxylic acids is 1. The topological polar surface area (TPSA) is 94.1 Å². The number of Topliss-reactive ketones (excluding diaryl/α,β-unsaturated/α-hetero) is 1. The minimum absolute atomic E-state index is 0.0941. The van der Waals surface area contributed by atoms with Crippen LogP contribution in [0.4, 0.5) is 13.2 Å². The first-order chi connectivity index (χ1) is 25.1. The van der Waals surface area contributed by atoms with Gasteiger partial charge in [-0.15, -0.1) is 0 Å². The molecule has 6 rings (SSSR count). The number of aryl methyl sites for hydroxylation is 1. The molecule has 0 unspecified atom stereocenters. The molecule has 0 aliphatic carbocycles. The normalized spacial score (nSPS) is 15.2. The summed E-state index contributed by atoms with van der Waals surface area (Å²) in [6.45, 7) is 1.38. The third kappa shape index (κ3) is 11.7. The predicted molar refractivity (Wildman–Crippen MR) is 191 cm³/mol. The molecule has 10 heteroatoms. The summed E-state index contributed by atoms with van der Waals surface area (Å²) >= 11 is 0. The van der Waals surface area contributed by atoms with E-state index in [0.29, 0.717) is 42.9 Å². The molecule has 1 aliphatic rings. The number of alkyl halides is 3. The minimum Gasteiger partial charge on any atom is -0.489 e. The number of ketones is 1. The third-order valence-electron chi connectivity index (χ3n) is 8.46. The summed E-state index contributed by atoms with van der Waals surface area (Å²) in [6, 6.07) is 44.2. The molecule has 1 aliphatic heterocycles. The Morgan fingerprint density at radius 2 is 1.13 bits per heavy atom. The molecule has 0 bridgehead atoms. The highest BCUT2D eigenvalue weighted by Gasteiger charge is 2.38. The van der Waals surface area contributed by atoms with Crippen LogP contribution in [-0.2, 0) is 31.0 Å². The van der Waals surface area contributed by atoms with Crippen LogP contribution in [0.3, 0.4) is 0 Å². The monoisotopic (exact) mass is 711 g/mol. The largest absolute Gasteiger partial charge is 0.490 e. The zero-order chi connectivity index (χ0) is 36.8. The number of nitrogens with one attached hydrogen (secondary N) is 1. The molecule has 7 nitrogen and oxygen atoms in total. The predicted octanol–water partition coefficient (Wildman–Crippen LogP) is 8.99. The van der Waals surface area contributed by atoms with E-state index in [9.17, 15) is 18.0 Å². The van der Waals surface area contributed by atoms with Gasteiger partial charge in [0.15, 0.2) is 17.3 Å². The Morgan fingerprint density at radius 3 is 1.65 bits per heavy atom. The lowest BCUT2D eigenvalue weighted by atomic mass is 10.0. The molecule has 0 radical (unpaired) electrons. The number of ether oxygens (including phenoxy) is 3. The van der Waals surface area contributed by atoms with Crippen molar-refractivity contribution in [2.75, 3.05) is 0 Å². The van der Waals surface area contributed by atoms with Gasteiger partial charge in [0.05, 0.1) is 6.04 Å². The number of rotatable bonds is 14. The van der Waals surface area contributed by atoms with Crippen LogP contribution in [0.2, 0.25) is 0 Å². The first-order valence-electron chi connectivity index (χ1n) is 17.0. The molecule has 0 saturated carbocycles. The highest BCUT2D eigenvalue weighted by molar-refractivity contribution is 6.00. The highest BCUT2D eigenvalue weighted by atomic mass is 19.4. The maximum Gasteiger partial charge on any atom is 0.490 e. The quantitative estimate of drug-likeness (QED) is 0.111. The van der Waals surface area contributed by atoms with Crippen molar-refractivity contribution in [3.8, 4) is 17.2 Å². The maximum atomic E-state index is 13.6. The molecule has 0 spiro atoms. The van der Waals surface area contributed by atoms with Gasteiger partial charge in [-0.05, 0) is 78.3 Å². The van der Waals surface area contributed by atoms with E-state index in [-0.39, 0.29) is 11.8 Å². The van der Waals surface area contributed by atoms with E-state index < -0.39 is 12.1 Å². The first kappa shape index (κ1) is 37.6. The summed E-state index contributed by atoms with van der Waals surface area (Å²) in [4.78, 5) is 22.5. The SMILES string of the molecule is O=C(O)C(F)(F)F.O=C(c1ccc(OCc2ccccc2)c(OCc2ccccc2)c1)[C@H]1CC[C@@H](CCc2ccc(OCc3ccccc3)cc2)N1.